The van der Waals surface area contributed by atoms with Gasteiger partial charge in [-0.15, -0.1) is 0 Å². The van der Waals surface area contributed by atoms with Crippen molar-refractivity contribution in [2.75, 3.05) is 11.3 Å². The Labute approximate surface area is 238 Å². The topological polar surface area (TPSA) is 67.3 Å². The first-order valence-corrected chi connectivity index (χ1v) is 15.4. The van der Waals surface area contributed by atoms with Gasteiger partial charge < -0.3 is 9.84 Å². The molecule has 4 bridgehead atoms. The highest BCUT2D eigenvalue weighted by Crippen LogP contribution is 2.45. The second kappa shape index (κ2) is 11.9. The Morgan fingerprint density at radius 3 is 2.46 bits per heavy atom. The van der Waals surface area contributed by atoms with Crippen LogP contribution in [0.2, 0.25) is 0 Å². The molecule has 2 aliphatic rings. The van der Waals surface area contributed by atoms with Gasteiger partial charge in [-0.2, -0.15) is 4.98 Å². The molecule has 0 saturated heterocycles. The molecule has 2 N–H and O–H groups in total. The van der Waals surface area contributed by atoms with Crippen LogP contribution in [0.4, 0.5) is 5.95 Å². The molecule has 39 heavy (non-hydrogen) atoms. The van der Waals surface area contributed by atoms with Crippen LogP contribution in [0.3, 0.4) is 0 Å². The summed E-state index contributed by atoms with van der Waals surface area (Å²) in [5, 5.41) is 10.4. The van der Waals surface area contributed by atoms with Gasteiger partial charge in [0.1, 0.15) is 0 Å². The van der Waals surface area contributed by atoms with E-state index in [2.05, 4.69) is 68.0 Å². The monoisotopic (exact) mass is 545 g/mol. The van der Waals surface area contributed by atoms with E-state index < -0.39 is 5.60 Å². The molecular weight excluding hydrogens is 502 g/mol. The minimum atomic E-state index is -0.563. The number of nitrogens with zero attached hydrogens (tertiary/aromatic N) is 2. The van der Waals surface area contributed by atoms with E-state index in [1.54, 1.807) is 11.9 Å². The van der Waals surface area contributed by atoms with Gasteiger partial charge in [0.05, 0.1) is 17.9 Å². The summed E-state index contributed by atoms with van der Waals surface area (Å²) in [5.41, 5.74) is 5.24. The summed E-state index contributed by atoms with van der Waals surface area (Å²) in [4.78, 5) is 10.8. The van der Waals surface area contributed by atoms with Gasteiger partial charge in [-0.05, 0) is 124 Å². The number of rotatable bonds is 7. The molecule has 208 valence electrons. The summed E-state index contributed by atoms with van der Waals surface area (Å²) >= 11 is 1.56. The molecule has 5 nitrogen and oxygen atoms in total. The SMILES string of the molecule is CCCC1COc2cc(-c3c(C)cccc3C)nc(n2)NSc2cccc(c2)C1CCC1CC(C(C)(C)O)C1. The lowest BCUT2D eigenvalue weighted by Crippen LogP contribution is -2.40. The van der Waals surface area contributed by atoms with Gasteiger partial charge in [0.2, 0.25) is 11.8 Å². The van der Waals surface area contributed by atoms with Crippen molar-refractivity contribution in [3.8, 4) is 17.1 Å². The average molecular weight is 546 g/mol. The van der Waals surface area contributed by atoms with Crippen molar-refractivity contribution in [3.63, 3.8) is 0 Å². The first-order valence-electron chi connectivity index (χ1n) is 14.5. The average Bonchev–Trinajstić information content (AvgIpc) is 2.86. The van der Waals surface area contributed by atoms with Crippen LogP contribution in [-0.2, 0) is 0 Å². The maximum Gasteiger partial charge on any atom is 0.237 e. The number of nitrogens with one attached hydrogen (secondary N) is 1. The molecule has 1 aliphatic carbocycles. The van der Waals surface area contributed by atoms with Gasteiger partial charge in [0.15, 0.2) is 0 Å². The lowest BCUT2D eigenvalue weighted by molar-refractivity contribution is -0.0454. The summed E-state index contributed by atoms with van der Waals surface area (Å²) in [5.74, 6) is 3.14. The number of aryl methyl sites for hydroxylation is 2. The number of hydrogen-bond donors (Lipinski definition) is 2. The molecule has 1 aromatic heterocycles. The second-order valence-corrected chi connectivity index (χ2v) is 13.1. The minimum Gasteiger partial charge on any atom is -0.477 e. The standard InChI is InChI=1S/C33H43N3O2S/c1-6-9-25-20-38-30-19-29(31-21(2)10-7-11-22(31)3)34-32(35-30)36-39-27-13-8-12-24(18-27)28(25)15-14-23-16-26(17-23)33(4,5)37/h7-8,10-13,18-19,23,25-26,28,37H,6,9,14-17,20H2,1-5H3,(H,34,35,36). The number of anilines is 1. The smallest absolute Gasteiger partial charge is 0.237 e. The molecule has 2 heterocycles. The molecule has 2 atom stereocenters. The predicted octanol–water partition coefficient (Wildman–Crippen LogP) is 8.35. The molecular formula is C33H43N3O2S. The van der Waals surface area contributed by atoms with Crippen LogP contribution in [0.1, 0.15) is 81.9 Å². The molecule has 0 amide bonds. The van der Waals surface area contributed by atoms with Crippen molar-refractivity contribution >= 4 is 17.9 Å². The van der Waals surface area contributed by atoms with Crippen LogP contribution >= 0.6 is 11.9 Å². The molecule has 2 aromatic carbocycles. The maximum absolute atomic E-state index is 10.4. The molecule has 1 aliphatic heterocycles. The van der Waals surface area contributed by atoms with Gasteiger partial charge >= 0.3 is 0 Å². The Balaban J connectivity index is 1.43. The number of fused-ring (bicyclic) bond motifs is 4. The first kappa shape index (κ1) is 28.0. The summed E-state index contributed by atoms with van der Waals surface area (Å²) in [7, 11) is 0. The Morgan fingerprint density at radius 2 is 1.74 bits per heavy atom. The van der Waals surface area contributed by atoms with E-state index in [0.29, 0.717) is 42.1 Å². The van der Waals surface area contributed by atoms with Crippen LogP contribution in [0, 0.1) is 31.6 Å². The van der Waals surface area contributed by atoms with Crippen LogP contribution < -0.4 is 9.46 Å². The summed E-state index contributed by atoms with van der Waals surface area (Å²) in [6.45, 7) is 11.1. The zero-order valence-electron chi connectivity index (χ0n) is 24.0. The highest BCUT2D eigenvalue weighted by Gasteiger charge is 2.39. The number of ether oxygens (including phenoxy) is 1. The van der Waals surface area contributed by atoms with E-state index in [1.807, 2.05) is 19.9 Å². The van der Waals surface area contributed by atoms with Crippen molar-refractivity contribution in [3.05, 3.63) is 65.2 Å². The van der Waals surface area contributed by atoms with Crippen LogP contribution in [0.5, 0.6) is 5.88 Å². The highest BCUT2D eigenvalue weighted by molar-refractivity contribution is 8.00. The van der Waals surface area contributed by atoms with Crippen LogP contribution in [0.25, 0.3) is 11.3 Å². The van der Waals surface area contributed by atoms with E-state index in [-0.39, 0.29) is 0 Å². The lowest BCUT2D eigenvalue weighted by atomic mass is 9.65. The van der Waals surface area contributed by atoms with Gasteiger partial charge in [-0.25, -0.2) is 4.98 Å². The third kappa shape index (κ3) is 6.60. The van der Waals surface area contributed by atoms with E-state index in [4.69, 9.17) is 14.7 Å². The first-order chi connectivity index (χ1) is 18.7. The molecule has 6 heteroatoms. The quantitative estimate of drug-likeness (QED) is 0.291. The molecule has 2 unspecified atom stereocenters. The lowest BCUT2D eigenvalue weighted by Gasteiger charge is -2.43. The van der Waals surface area contributed by atoms with Gasteiger partial charge in [0.25, 0.3) is 0 Å². The zero-order chi connectivity index (χ0) is 27.6. The summed E-state index contributed by atoms with van der Waals surface area (Å²) < 4.78 is 9.89. The van der Waals surface area contributed by atoms with Crippen molar-refractivity contribution in [2.24, 2.45) is 17.8 Å². The third-order valence-corrected chi connectivity index (χ3v) is 9.56. The molecule has 3 aromatic rings. The summed E-state index contributed by atoms with van der Waals surface area (Å²) in [6, 6.07) is 17.3. The third-order valence-electron chi connectivity index (χ3n) is 8.78. The van der Waals surface area contributed by atoms with Crippen LogP contribution in [0.15, 0.2) is 53.4 Å². The second-order valence-electron chi connectivity index (χ2n) is 12.2. The van der Waals surface area contributed by atoms with Crippen molar-refractivity contribution in [1.29, 1.82) is 0 Å². The molecule has 0 radical (unpaired) electrons. The van der Waals surface area contributed by atoms with Crippen molar-refractivity contribution in [2.45, 2.75) is 89.6 Å². The fourth-order valence-electron chi connectivity index (χ4n) is 6.41. The molecule has 1 saturated carbocycles. The van der Waals surface area contributed by atoms with Gasteiger partial charge in [0, 0.05) is 16.5 Å². The molecule has 1 fully saturated rings. The van der Waals surface area contributed by atoms with Gasteiger partial charge in [-0.1, -0.05) is 43.7 Å². The fraction of sp³-hybridized carbons (Fsp3) is 0.515. The summed E-state index contributed by atoms with van der Waals surface area (Å²) in [6.07, 6.45) is 6.83. The zero-order valence-corrected chi connectivity index (χ0v) is 24.9. The van der Waals surface area contributed by atoms with E-state index in [9.17, 15) is 5.11 Å². The van der Waals surface area contributed by atoms with Gasteiger partial charge in [-0.3, -0.25) is 4.72 Å². The van der Waals surface area contributed by atoms with Crippen molar-refractivity contribution < 1.29 is 9.84 Å². The Kier molecular flexibility index (Phi) is 8.53. The normalized spacial score (nSPS) is 23.0. The number of aromatic nitrogens is 2. The Hall–Kier alpha value is -2.57. The van der Waals surface area contributed by atoms with Crippen molar-refractivity contribution in [1.82, 2.24) is 9.97 Å². The molecule has 5 rings (SSSR count). The van der Waals surface area contributed by atoms with Crippen LogP contribution in [-0.4, -0.2) is 27.3 Å². The Morgan fingerprint density at radius 1 is 1.00 bits per heavy atom. The largest absolute Gasteiger partial charge is 0.477 e. The molecule has 0 spiro atoms. The van der Waals surface area contributed by atoms with E-state index in [0.717, 1.165) is 43.4 Å². The fourth-order valence-corrected chi connectivity index (χ4v) is 7.05. The maximum atomic E-state index is 10.4. The predicted molar refractivity (Wildman–Crippen MR) is 161 cm³/mol. The minimum absolute atomic E-state index is 0.398. The number of hydrogen-bond acceptors (Lipinski definition) is 6. The highest BCUT2D eigenvalue weighted by atomic mass is 32.2. The Bertz CT molecular complexity index is 1260. The van der Waals surface area contributed by atoms with E-state index >= 15 is 0 Å². The van der Waals surface area contributed by atoms with E-state index in [1.165, 1.54) is 28.0 Å². The number of aliphatic hydroxyl groups is 1. The number of benzene rings is 2.